The van der Waals surface area contributed by atoms with Crippen LogP contribution >= 0.6 is 0 Å². The molecule has 7 heteroatoms. The molecule has 1 heterocycles. The fraction of sp³-hybridized carbons (Fsp3) is 0.750. The molecule has 1 aromatic rings. The summed E-state index contributed by atoms with van der Waals surface area (Å²) in [5.41, 5.74) is 0.568. The van der Waals surface area contributed by atoms with Gasteiger partial charge in [0.15, 0.2) is 0 Å². The summed E-state index contributed by atoms with van der Waals surface area (Å²) in [6.45, 7) is 7.41. The fourth-order valence-corrected chi connectivity index (χ4v) is 3.56. The van der Waals surface area contributed by atoms with Gasteiger partial charge in [0.1, 0.15) is 4.90 Å². The van der Waals surface area contributed by atoms with Crippen molar-refractivity contribution in [3.05, 3.63) is 11.4 Å². The zero-order valence-corrected chi connectivity index (χ0v) is 12.8. The molecule has 0 spiro atoms. The van der Waals surface area contributed by atoms with Crippen LogP contribution < -0.4 is 4.72 Å². The smallest absolute Gasteiger partial charge is 0.244 e. The third kappa shape index (κ3) is 3.34. The first-order valence-corrected chi connectivity index (χ1v) is 7.92. The average Bonchev–Trinajstić information content (AvgIpc) is 2.72. The van der Waals surface area contributed by atoms with E-state index in [-0.39, 0.29) is 18.0 Å². The van der Waals surface area contributed by atoms with Crippen molar-refractivity contribution in [3.8, 4) is 0 Å². The Kier molecular flexibility index (Phi) is 5.11. The number of H-pyrrole nitrogens is 1. The largest absolute Gasteiger partial charge is 0.396 e. The van der Waals surface area contributed by atoms with Crippen LogP contribution in [0.4, 0.5) is 0 Å². The van der Waals surface area contributed by atoms with Crippen LogP contribution in [0.1, 0.15) is 38.1 Å². The monoisotopic (exact) mass is 289 g/mol. The number of sulfonamides is 1. The molecule has 0 bridgehead atoms. The van der Waals surface area contributed by atoms with Crippen molar-refractivity contribution in [3.63, 3.8) is 0 Å². The second-order valence-corrected chi connectivity index (χ2v) is 6.66. The van der Waals surface area contributed by atoms with Crippen LogP contribution in [-0.2, 0) is 10.0 Å². The lowest BCUT2D eigenvalue weighted by molar-refractivity contribution is 0.119. The Morgan fingerprint density at radius 3 is 2.26 bits per heavy atom. The van der Waals surface area contributed by atoms with Crippen molar-refractivity contribution in [2.45, 2.75) is 45.4 Å². The van der Waals surface area contributed by atoms with Crippen molar-refractivity contribution in [1.82, 2.24) is 14.9 Å². The summed E-state index contributed by atoms with van der Waals surface area (Å²) in [7, 11) is -3.60. The lowest BCUT2D eigenvalue weighted by atomic mass is 9.84. The summed E-state index contributed by atoms with van der Waals surface area (Å²) in [5, 5.41) is 16.0. The lowest BCUT2D eigenvalue weighted by Crippen LogP contribution is -2.39. The van der Waals surface area contributed by atoms with Gasteiger partial charge in [-0.2, -0.15) is 5.10 Å². The number of aryl methyl sites for hydroxylation is 2. The summed E-state index contributed by atoms with van der Waals surface area (Å²) in [4.78, 5) is 0.201. The Labute approximate surface area is 114 Å². The Bertz CT molecular complexity index is 491. The summed E-state index contributed by atoms with van der Waals surface area (Å²) >= 11 is 0. The van der Waals surface area contributed by atoms with E-state index in [1.807, 2.05) is 13.8 Å². The van der Waals surface area contributed by atoms with Gasteiger partial charge in [-0.1, -0.05) is 13.8 Å². The van der Waals surface area contributed by atoms with Crippen LogP contribution in [0.25, 0.3) is 0 Å². The number of aromatic amines is 1. The maximum Gasteiger partial charge on any atom is 0.244 e. The summed E-state index contributed by atoms with van der Waals surface area (Å²) in [6.07, 6.45) is 1.43. The zero-order valence-electron chi connectivity index (χ0n) is 11.9. The molecule has 0 unspecified atom stereocenters. The number of hydrogen-bond acceptors (Lipinski definition) is 4. The molecule has 1 rings (SSSR count). The summed E-state index contributed by atoms with van der Waals surface area (Å²) < 4.78 is 27.1. The van der Waals surface area contributed by atoms with E-state index in [4.69, 9.17) is 0 Å². The first kappa shape index (κ1) is 16.1. The van der Waals surface area contributed by atoms with E-state index in [2.05, 4.69) is 14.9 Å². The average molecular weight is 289 g/mol. The zero-order chi connectivity index (χ0) is 14.7. The van der Waals surface area contributed by atoms with Crippen LogP contribution in [0.15, 0.2) is 4.90 Å². The molecule has 0 aliphatic rings. The molecule has 6 nitrogen and oxygen atoms in total. The van der Waals surface area contributed by atoms with E-state index in [0.717, 1.165) is 0 Å². The molecule has 0 amide bonds. The number of nitrogens with zero attached hydrogens (tertiary/aromatic N) is 1. The van der Waals surface area contributed by atoms with Crippen molar-refractivity contribution in [2.75, 3.05) is 13.2 Å². The van der Waals surface area contributed by atoms with E-state index in [1.165, 1.54) is 0 Å². The molecule has 1 aromatic heterocycles. The molecule has 0 aliphatic carbocycles. The van der Waals surface area contributed by atoms with E-state index in [9.17, 15) is 13.5 Å². The van der Waals surface area contributed by atoms with Crippen molar-refractivity contribution >= 4 is 10.0 Å². The topological polar surface area (TPSA) is 95.1 Å². The van der Waals surface area contributed by atoms with Crippen molar-refractivity contribution < 1.29 is 13.5 Å². The number of aliphatic hydroxyl groups excluding tert-OH is 1. The molecule has 0 saturated carbocycles. The lowest BCUT2D eigenvalue weighted by Gasteiger charge is -2.29. The minimum absolute atomic E-state index is 0.0358. The summed E-state index contributed by atoms with van der Waals surface area (Å²) in [6, 6.07) is 0. The van der Waals surface area contributed by atoms with Crippen LogP contribution in [0, 0.1) is 19.3 Å². The maximum atomic E-state index is 12.3. The number of aromatic nitrogens is 2. The van der Waals surface area contributed by atoms with Gasteiger partial charge >= 0.3 is 0 Å². The highest BCUT2D eigenvalue weighted by Gasteiger charge is 2.29. The maximum absolute atomic E-state index is 12.3. The third-order valence-electron chi connectivity index (χ3n) is 3.80. The first-order chi connectivity index (χ1) is 8.82. The minimum atomic E-state index is -3.60. The Balaban J connectivity index is 2.93. The van der Waals surface area contributed by atoms with Crippen LogP contribution in [0.5, 0.6) is 0 Å². The predicted octanol–water partition coefficient (Wildman–Crippen LogP) is 1.10. The number of nitrogens with one attached hydrogen (secondary N) is 2. The first-order valence-electron chi connectivity index (χ1n) is 6.44. The number of aliphatic hydroxyl groups is 1. The fourth-order valence-electron chi connectivity index (χ4n) is 2.04. The quantitative estimate of drug-likeness (QED) is 0.700. The molecule has 19 heavy (non-hydrogen) atoms. The molecule has 110 valence electrons. The molecular weight excluding hydrogens is 266 g/mol. The van der Waals surface area contributed by atoms with Crippen molar-refractivity contribution in [1.29, 1.82) is 0 Å². The van der Waals surface area contributed by atoms with Gasteiger partial charge in [-0.15, -0.1) is 0 Å². The Hall–Kier alpha value is -0.920. The molecule has 0 fully saturated rings. The van der Waals surface area contributed by atoms with Gasteiger partial charge in [0.05, 0.1) is 11.4 Å². The Morgan fingerprint density at radius 1 is 1.32 bits per heavy atom. The van der Waals surface area contributed by atoms with Gasteiger partial charge in [0, 0.05) is 18.6 Å². The number of hydrogen-bond donors (Lipinski definition) is 3. The van der Waals surface area contributed by atoms with Crippen LogP contribution in [0.2, 0.25) is 0 Å². The van der Waals surface area contributed by atoms with Gasteiger partial charge < -0.3 is 5.11 Å². The SMILES string of the molecule is CCC(CC)(CO)CNS(=O)(=O)c1c(C)n[nH]c1C. The number of rotatable bonds is 7. The van der Waals surface area contributed by atoms with Gasteiger partial charge in [-0.3, -0.25) is 5.10 Å². The van der Waals surface area contributed by atoms with E-state index in [0.29, 0.717) is 24.2 Å². The van der Waals surface area contributed by atoms with Crippen molar-refractivity contribution in [2.24, 2.45) is 5.41 Å². The predicted molar refractivity (Wildman–Crippen MR) is 73.4 cm³/mol. The van der Waals surface area contributed by atoms with Gasteiger partial charge in [-0.05, 0) is 26.7 Å². The minimum Gasteiger partial charge on any atom is -0.396 e. The van der Waals surface area contributed by atoms with E-state index < -0.39 is 15.4 Å². The highest BCUT2D eigenvalue weighted by Crippen LogP contribution is 2.25. The molecule has 3 N–H and O–H groups in total. The molecule has 0 aromatic carbocycles. The van der Waals surface area contributed by atoms with Gasteiger partial charge in [0.2, 0.25) is 10.0 Å². The van der Waals surface area contributed by atoms with Crippen LogP contribution in [0.3, 0.4) is 0 Å². The van der Waals surface area contributed by atoms with Gasteiger partial charge in [0.25, 0.3) is 0 Å². The van der Waals surface area contributed by atoms with Crippen LogP contribution in [-0.4, -0.2) is 36.9 Å². The Morgan fingerprint density at radius 2 is 1.89 bits per heavy atom. The summed E-state index contributed by atoms with van der Waals surface area (Å²) in [5.74, 6) is 0. The van der Waals surface area contributed by atoms with Gasteiger partial charge in [-0.25, -0.2) is 13.1 Å². The van der Waals surface area contributed by atoms with E-state index in [1.54, 1.807) is 13.8 Å². The second kappa shape index (κ2) is 6.02. The normalized spacial score (nSPS) is 12.9. The van der Waals surface area contributed by atoms with E-state index >= 15 is 0 Å². The molecular formula is C12H23N3O3S. The molecule has 0 atom stereocenters. The molecule has 0 radical (unpaired) electrons. The second-order valence-electron chi connectivity index (χ2n) is 4.95. The standard InChI is InChI=1S/C12H23N3O3S/c1-5-12(6-2,8-16)7-13-19(17,18)11-9(3)14-15-10(11)4/h13,16H,5-8H2,1-4H3,(H,14,15). The highest BCUT2D eigenvalue weighted by atomic mass is 32.2. The molecule has 0 saturated heterocycles. The highest BCUT2D eigenvalue weighted by molar-refractivity contribution is 7.89. The third-order valence-corrected chi connectivity index (χ3v) is 5.47. The molecule has 0 aliphatic heterocycles.